The quantitative estimate of drug-likeness (QED) is 0.630. The lowest BCUT2D eigenvalue weighted by atomic mass is 10.2. The number of aromatic nitrogens is 1. The van der Waals surface area contributed by atoms with Crippen molar-refractivity contribution >= 4 is 5.97 Å². The van der Waals surface area contributed by atoms with Crippen LogP contribution in [0.5, 0.6) is 0 Å². The van der Waals surface area contributed by atoms with E-state index in [1.165, 1.54) is 7.11 Å². The van der Waals surface area contributed by atoms with Crippen LogP contribution in [0.3, 0.4) is 0 Å². The van der Waals surface area contributed by atoms with Gasteiger partial charge in [-0.1, -0.05) is 0 Å². The van der Waals surface area contributed by atoms with Gasteiger partial charge in [0, 0.05) is 17.5 Å². The summed E-state index contributed by atoms with van der Waals surface area (Å²) in [7, 11) is 1.37. The van der Waals surface area contributed by atoms with E-state index in [2.05, 4.69) is 9.72 Å². The number of carbonyl (C=O) groups is 1. The standard InChI is InChI=1S/C8H9NO3/c1-11-8(10)5-2-9-7-4-12-3-6(5)7/h2,9H,3-4H2,1H3. The minimum atomic E-state index is -0.307. The minimum absolute atomic E-state index is 0.307. The van der Waals surface area contributed by atoms with Crippen LogP contribution in [0.25, 0.3) is 0 Å². The number of fused-ring (bicyclic) bond motifs is 1. The molecule has 0 saturated heterocycles. The Labute approximate surface area is 69.5 Å². The monoisotopic (exact) mass is 167 g/mol. The van der Waals surface area contributed by atoms with Crippen molar-refractivity contribution in [2.24, 2.45) is 0 Å². The second-order valence-electron chi connectivity index (χ2n) is 2.64. The number of hydrogen-bond donors (Lipinski definition) is 1. The number of esters is 1. The number of hydrogen-bond acceptors (Lipinski definition) is 3. The van der Waals surface area contributed by atoms with Crippen molar-refractivity contribution < 1.29 is 14.3 Å². The molecule has 12 heavy (non-hydrogen) atoms. The molecule has 64 valence electrons. The molecule has 4 heteroatoms. The Morgan fingerprint density at radius 2 is 2.50 bits per heavy atom. The SMILES string of the molecule is COC(=O)c1c[nH]c2c1COC2. The average Bonchev–Trinajstić information content (AvgIpc) is 2.62. The first-order valence-electron chi connectivity index (χ1n) is 3.68. The van der Waals surface area contributed by atoms with Gasteiger partial charge < -0.3 is 14.5 Å². The Kier molecular flexibility index (Phi) is 1.62. The highest BCUT2D eigenvalue weighted by Crippen LogP contribution is 2.22. The van der Waals surface area contributed by atoms with Gasteiger partial charge in [-0.05, 0) is 0 Å². The van der Waals surface area contributed by atoms with Gasteiger partial charge in [0.2, 0.25) is 0 Å². The first-order chi connectivity index (χ1) is 5.83. The molecule has 1 aromatic rings. The fourth-order valence-electron chi connectivity index (χ4n) is 1.34. The number of aromatic amines is 1. The van der Waals surface area contributed by atoms with Crippen molar-refractivity contribution in [2.45, 2.75) is 13.2 Å². The third-order valence-electron chi connectivity index (χ3n) is 1.98. The van der Waals surface area contributed by atoms with Crippen LogP contribution in [0.4, 0.5) is 0 Å². The van der Waals surface area contributed by atoms with Crippen molar-refractivity contribution in [1.82, 2.24) is 4.98 Å². The van der Waals surface area contributed by atoms with E-state index in [0.717, 1.165) is 11.3 Å². The predicted octanol–water partition coefficient (Wildman–Crippen LogP) is 0.831. The normalized spacial score (nSPS) is 14.4. The number of methoxy groups -OCH3 is 1. The summed E-state index contributed by atoms with van der Waals surface area (Å²) in [6, 6.07) is 0. The Morgan fingerprint density at radius 3 is 3.25 bits per heavy atom. The Morgan fingerprint density at radius 1 is 1.67 bits per heavy atom. The number of carbonyl (C=O) groups excluding carboxylic acids is 1. The van der Waals surface area contributed by atoms with Crippen LogP contribution in [0.1, 0.15) is 21.6 Å². The molecule has 0 radical (unpaired) electrons. The third-order valence-corrected chi connectivity index (χ3v) is 1.98. The second kappa shape index (κ2) is 2.64. The van der Waals surface area contributed by atoms with E-state index in [1.54, 1.807) is 6.20 Å². The van der Waals surface area contributed by atoms with Gasteiger partial charge in [-0.3, -0.25) is 0 Å². The summed E-state index contributed by atoms with van der Waals surface area (Å²) in [5.74, 6) is -0.307. The molecule has 1 aliphatic heterocycles. The summed E-state index contributed by atoms with van der Waals surface area (Å²) in [6.45, 7) is 1.07. The molecule has 0 spiro atoms. The zero-order valence-corrected chi connectivity index (χ0v) is 6.72. The number of nitrogens with one attached hydrogen (secondary N) is 1. The average molecular weight is 167 g/mol. The van der Waals surface area contributed by atoms with Gasteiger partial charge in [-0.15, -0.1) is 0 Å². The van der Waals surface area contributed by atoms with Gasteiger partial charge in [0.15, 0.2) is 0 Å². The van der Waals surface area contributed by atoms with Crippen LogP contribution in [-0.4, -0.2) is 18.1 Å². The Balaban J connectivity index is 2.39. The highest BCUT2D eigenvalue weighted by atomic mass is 16.5. The molecule has 0 unspecified atom stereocenters. The largest absolute Gasteiger partial charge is 0.465 e. The van der Waals surface area contributed by atoms with Gasteiger partial charge in [-0.2, -0.15) is 0 Å². The number of rotatable bonds is 1. The van der Waals surface area contributed by atoms with E-state index < -0.39 is 0 Å². The highest BCUT2D eigenvalue weighted by molar-refractivity contribution is 5.91. The minimum Gasteiger partial charge on any atom is -0.465 e. The van der Waals surface area contributed by atoms with Gasteiger partial charge in [0.1, 0.15) is 0 Å². The summed E-state index contributed by atoms with van der Waals surface area (Å²) >= 11 is 0. The van der Waals surface area contributed by atoms with Crippen LogP contribution >= 0.6 is 0 Å². The van der Waals surface area contributed by atoms with Crippen molar-refractivity contribution in [3.63, 3.8) is 0 Å². The third kappa shape index (κ3) is 0.921. The summed E-state index contributed by atoms with van der Waals surface area (Å²) in [5, 5.41) is 0. The van der Waals surface area contributed by atoms with Crippen molar-refractivity contribution in [2.75, 3.05) is 7.11 Å². The topological polar surface area (TPSA) is 51.3 Å². The molecule has 0 bridgehead atoms. The summed E-state index contributed by atoms with van der Waals surface area (Å²) in [4.78, 5) is 14.1. The molecule has 0 aromatic carbocycles. The summed E-state index contributed by atoms with van der Waals surface area (Å²) in [5.41, 5.74) is 2.50. The van der Waals surface area contributed by atoms with Gasteiger partial charge in [-0.25, -0.2) is 4.79 Å². The van der Waals surface area contributed by atoms with Crippen molar-refractivity contribution in [3.05, 3.63) is 23.0 Å². The first-order valence-corrected chi connectivity index (χ1v) is 3.68. The fraction of sp³-hybridized carbons (Fsp3) is 0.375. The smallest absolute Gasteiger partial charge is 0.339 e. The van der Waals surface area contributed by atoms with Crippen LogP contribution in [0.15, 0.2) is 6.20 Å². The molecule has 1 aliphatic rings. The molecule has 0 atom stereocenters. The van der Waals surface area contributed by atoms with Crippen LogP contribution in [0, 0.1) is 0 Å². The number of H-pyrrole nitrogens is 1. The molecule has 0 amide bonds. The molecular formula is C8H9NO3. The van der Waals surface area contributed by atoms with Crippen LogP contribution in [0.2, 0.25) is 0 Å². The lowest BCUT2D eigenvalue weighted by Gasteiger charge is -1.96. The Bertz CT molecular complexity index is 316. The number of ether oxygens (including phenoxy) is 2. The van der Waals surface area contributed by atoms with E-state index >= 15 is 0 Å². The maximum Gasteiger partial charge on any atom is 0.339 e. The van der Waals surface area contributed by atoms with Gasteiger partial charge in [0.25, 0.3) is 0 Å². The lowest BCUT2D eigenvalue weighted by Crippen LogP contribution is -2.02. The van der Waals surface area contributed by atoms with E-state index in [9.17, 15) is 4.79 Å². The zero-order chi connectivity index (χ0) is 8.55. The van der Waals surface area contributed by atoms with E-state index in [-0.39, 0.29) is 5.97 Å². The van der Waals surface area contributed by atoms with E-state index in [4.69, 9.17) is 4.74 Å². The maximum atomic E-state index is 11.1. The zero-order valence-electron chi connectivity index (χ0n) is 6.72. The summed E-state index contributed by atoms with van der Waals surface area (Å²) < 4.78 is 9.76. The molecule has 4 nitrogen and oxygen atoms in total. The molecule has 0 saturated carbocycles. The molecule has 0 aliphatic carbocycles. The fourth-order valence-corrected chi connectivity index (χ4v) is 1.34. The summed E-state index contributed by atoms with van der Waals surface area (Å²) in [6.07, 6.45) is 1.67. The molecule has 1 aromatic heterocycles. The molecule has 2 heterocycles. The Hall–Kier alpha value is -1.29. The molecule has 0 fully saturated rings. The maximum absolute atomic E-state index is 11.1. The lowest BCUT2D eigenvalue weighted by molar-refractivity contribution is 0.0596. The van der Waals surface area contributed by atoms with Gasteiger partial charge >= 0.3 is 5.97 Å². The van der Waals surface area contributed by atoms with E-state index in [0.29, 0.717) is 18.8 Å². The van der Waals surface area contributed by atoms with Crippen molar-refractivity contribution in [3.8, 4) is 0 Å². The second-order valence-corrected chi connectivity index (χ2v) is 2.64. The predicted molar refractivity (Wildman–Crippen MR) is 40.6 cm³/mol. The molecule has 2 rings (SSSR count). The van der Waals surface area contributed by atoms with Gasteiger partial charge in [0.05, 0.1) is 25.9 Å². The van der Waals surface area contributed by atoms with Crippen molar-refractivity contribution in [1.29, 1.82) is 0 Å². The molecular weight excluding hydrogens is 158 g/mol. The molecule has 1 N–H and O–H groups in total. The first kappa shape index (κ1) is 7.36. The van der Waals surface area contributed by atoms with Crippen LogP contribution in [-0.2, 0) is 22.7 Å². The highest BCUT2D eigenvalue weighted by Gasteiger charge is 2.21. The van der Waals surface area contributed by atoms with Crippen LogP contribution < -0.4 is 0 Å². The van der Waals surface area contributed by atoms with E-state index in [1.807, 2.05) is 0 Å².